The smallest absolute Gasteiger partial charge is 0.305 e. The molecule has 92 valence electrons. The molecule has 1 aliphatic rings. The van der Waals surface area contributed by atoms with E-state index in [1.165, 1.54) is 11.3 Å². The molecule has 1 saturated heterocycles. The van der Waals surface area contributed by atoms with Gasteiger partial charge < -0.3 is 10.0 Å². The minimum absolute atomic E-state index is 0.0400. The average molecular weight is 318 g/mol. The van der Waals surface area contributed by atoms with Crippen molar-refractivity contribution < 1.29 is 14.7 Å². The Morgan fingerprint density at radius 3 is 2.94 bits per heavy atom. The first kappa shape index (κ1) is 12.6. The normalized spacial score (nSPS) is 19.6. The van der Waals surface area contributed by atoms with Gasteiger partial charge in [-0.2, -0.15) is 0 Å². The maximum Gasteiger partial charge on any atom is 0.305 e. The quantitative estimate of drug-likeness (QED) is 0.932. The second-order valence-corrected chi connectivity index (χ2v) is 5.85. The number of carbonyl (C=O) groups excluding carboxylic acids is 1. The topological polar surface area (TPSA) is 57.6 Å². The van der Waals surface area contributed by atoms with Crippen molar-refractivity contribution in [1.29, 1.82) is 0 Å². The molecule has 1 N–H and O–H groups in total. The van der Waals surface area contributed by atoms with Crippen LogP contribution in [0.15, 0.2) is 15.9 Å². The molecule has 0 aromatic carbocycles. The van der Waals surface area contributed by atoms with E-state index in [1.807, 2.05) is 5.38 Å². The number of likely N-dealkylation sites (tertiary alicyclic amines) is 1. The number of carboxylic acids is 1. The first-order valence-corrected chi connectivity index (χ1v) is 7.02. The lowest BCUT2D eigenvalue weighted by Crippen LogP contribution is -2.36. The summed E-state index contributed by atoms with van der Waals surface area (Å²) in [6.45, 7) is 0.659. The van der Waals surface area contributed by atoms with Crippen molar-refractivity contribution in [3.8, 4) is 0 Å². The highest BCUT2D eigenvalue weighted by molar-refractivity contribution is 9.10. The summed E-state index contributed by atoms with van der Waals surface area (Å²) < 4.78 is 0.889. The van der Waals surface area contributed by atoms with Crippen LogP contribution < -0.4 is 0 Å². The summed E-state index contributed by atoms with van der Waals surface area (Å²) in [5.74, 6) is -0.897. The molecular formula is C11H12BrNO3S. The minimum atomic E-state index is -0.845. The molecule has 17 heavy (non-hydrogen) atoms. The molecule has 1 aliphatic heterocycles. The van der Waals surface area contributed by atoms with Gasteiger partial charge in [-0.25, -0.2) is 0 Å². The zero-order valence-corrected chi connectivity index (χ0v) is 11.5. The maximum atomic E-state index is 12.2. The predicted octanol–water partition coefficient (Wildman–Crippen LogP) is 2.59. The zero-order valence-electron chi connectivity index (χ0n) is 9.06. The molecule has 0 saturated carbocycles. The molecule has 1 unspecified atom stereocenters. The van der Waals surface area contributed by atoms with Gasteiger partial charge in [0.15, 0.2) is 0 Å². The first-order valence-electron chi connectivity index (χ1n) is 5.34. The fraction of sp³-hybridized carbons (Fsp3) is 0.455. The molecular weight excluding hydrogens is 306 g/mol. The van der Waals surface area contributed by atoms with Crippen molar-refractivity contribution in [1.82, 2.24) is 4.90 Å². The standard InChI is InChI=1S/C11H12BrNO3S/c12-7-4-9(17-6-7)11(16)13-3-1-2-8(13)5-10(14)15/h4,6,8H,1-3,5H2,(H,14,15). The van der Waals surface area contributed by atoms with E-state index in [1.54, 1.807) is 11.0 Å². The Morgan fingerprint density at radius 2 is 2.35 bits per heavy atom. The van der Waals surface area contributed by atoms with Crippen LogP contribution in [0.5, 0.6) is 0 Å². The molecule has 1 atom stereocenters. The SMILES string of the molecule is O=C(O)CC1CCCN1C(=O)c1cc(Br)cs1. The molecule has 1 fully saturated rings. The van der Waals surface area contributed by atoms with Gasteiger partial charge in [0, 0.05) is 22.4 Å². The summed E-state index contributed by atoms with van der Waals surface area (Å²) in [4.78, 5) is 25.2. The minimum Gasteiger partial charge on any atom is -0.481 e. The van der Waals surface area contributed by atoms with Gasteiger partial charge in [0.25, 0.3) is 5.91 Å². The van der Waals surface area contributed by atoms with Crippen LogP contribution in [-0.2, 0) is 4.79 Å². The Morgan fingerprint density at radius 1 is 1.59 bits per heavy atom. The number of amides is 1. The van der Waals surface area contributed by atoms with Crippen molar-refractivity contribution in [3.63, 3.8) is 0 Å². The van der Waals surface area contributed by atoms with Crippen molar-refractivity contribution in [3.05, 3.63) is 20.8 Å². The van der Waals surface area contributed by atoms with Crippen LogP contribution in [0, 0.1) is 0 Å². The molecule has 4 nitrogen and oxygen atoms in total. The van der Waals surface area contributed by atoms with Gasteiger partial charge >= 0.3 is 5.97 Å². The van der Waals surface area contributed by atoms with Gasteiger partial charge in [-0.15, -0.1) is 11.3 Å². The van der Waals surface area contributed by atoms with E-state index in [-0.39, 0.29) is 18.4 Å². The van der Waals surface area contributed by atoms with E-state index in [0.29, 0.717) is 11.4 Å². The summed E-state index contributed by atoms with van der Waals surface area (Å²) >= 11 is 4.69. The predicted molar refractivity (Wildman–Crippen MR) is 68.3 cm³/mol. The van der Waals surface area contributed by atoms with E-state index >= 15 is 0 Å². The van der Waals surface area contributed by atoms with Crippen LogP contribution >= 0.6 is 27.3 Å². The average Bonchev–Trinajstić information content (AvgIpc) is 2.85. The first-order chi connectivity index (χ1) is 8.08. The number of thiophene rings is 1. The van der Waals surface area contributed by atoms with Gasteiger partial charge in [0.2, 0.25) is 0 Å². The fourth-order valence-electron chi connectivity index (χ4n) is 2.08. The van der Waals surface area contributed by atoms with Crippen LogP contribution in [0.2, 0.25) is 0 Å². The molecule has 0 aliphatic carbocycles. The molecule has 6 heteroatoms. The Balaban J connectivity index is 2.10. The van der Waals surface area contributed by atoms with Gasteiger partial charge in [-0.1, -0.05) is 0 Å². The lowest BCUT2D eigenvalue weighted by molar-refractivity contribution is -0.137. The summed E-state index contributed by atoms with van der Waals surface area (Å²) in [5.41, 5.74) is 0. The third-order valence-corrected chi connectivity index (χ3v) is 4.51. The number of carbonyl (C=O) groups is 2. The Kier molecular flexibility index (Phi) is 3.83. The molecule has 0 radical (unpaired) electrons. The summed E-state index contributed by atoms with van der Waals surface area (Å²) in [6, 6.07) is 1.63. The fourth-order valence-corrected chi connectivity index (χ4v) is 3.47. The van der Waals surface area contributed by atoms with Crippen LogP contribution in [0.3, 0.4) is 0 Å². The van der Waals surface area contributed by atoms with Crippen molar-refractivity contribution in [2.45, 2.75) is 25.3 Å². The number of hydrogen-bond donors (Lipinski definition) is 1. The van der Waals surface area contributed by atoms with Gasteiger partial charge in [0.05, 0.1) is 11.3 Å². The third-order valence-electron chi connectivity index (χ3n) is 2.83. The Labute approximate surface area is 111 Å². The van der Waals surface area contributed by atoms with E-state index in [0.717, 1.165) is 17.3 Å². The highest BCUT2D eigenvalue weighted by Crippen LogP contribution is 2.26. The largest absolute Gasteiger partial charge is 0.481 e. The van der Waals surface area contributed by atoms with E-state index in [4.69, 9.17) is 5.11 Å². The number of carboxylic acid groups (broad SMARTS) is 1. The van der Waals surface area contributed by atoms with Crippen molar-refractivity contribution in [2.24, 2.45) is 0 Å². The van der Waals surface area contributed by atoms with Crippen LogP contribution in [-0.4, -0.2) is 34.5 Å². The number of aliphatic carboxylic acids is 1. The molecule has 2 rings (SSSR count). The van der Waals surface area contributed by atoms with E-state index < -0.39 is 5.97 Å². The second kappa shape index (κ2) is 5.18. The Bertz CT molecular complexity index is 446. The summed E-state index contributed by atoms with van der Waals surface area (Å²) in [5, 5.41) is 10.7. The van der Waals surface area contributed by atoms with Gasteiger partial charge in [-0.05, 0) is 34.8 Å². The summed E-state index contributed by atoms with van der Waals surface area (Å²) in [7, 11) is 0. The molecule has 0 spiro atoms. The maximum absolute atomic E-state index is 12.2. The van der Waals surface area contributed by atoms with Crippen molar-refractivity contribution >= 4 is 39.1 Å². The van der Waals surface area contributed by atoms with Crippen LogP contribution in [0.25, 0.3) is 0 Å². The number of nitrogens with zero attached hydrogens (tertiary/aromatic N) is 1. The van der Waals surface area contributed by atoms with Crippen molar-refractivity contribution in [2.75, 3.05) is 6.54 Å². The zero-order chi connectivity index (χ0) is 12.4. The van der Waals surface area contributed by atoms with Crippen LogP contribution in [0.1, 0.15) is 28.9 Å². The highest BCUT2D eigenvalue weighted by atomic mass is 79.9. The molecule has 1 aromatic rings. The molecule has 1 aromatic heterocycles. The number of hydrogen-bond acceptors (Lipinski definition) is 3. The lowest BCUT2D eigenvalue weighted by Gasteiger charge is -2.22. The van der Waals surface area contributed by atoms with Gasteiger partial charge in [-0.3, -0.25) is 9.59 Å². The van der Waals surface area contributed by atoms with E-state index in [9.17, 15) is 9.59 Å². The number of rotatable bonds is 3. The molecule has 0 bridgehead atoms. The molecule has 1 amide bonds. The van der Waals surface area contributed by atoms with E-state index in [2.05, 4.69) is 15.9 Å². The lowest BCUT2D eigenvalue weighted by atomic mass is 10.1. The highest BCUT2D eigenvalue weighted by Gasteiger charge is 2.31. The third kappa shape index (κ3) is 2.87. The second-order valence-electron chi connectivity index (χ2n) is 4.02. The van der Waals surface area contributed by atoms with Crippen LogP contribution in [0.4, 0.5) is 0 Å². The number of halogens is 1. The summed E-state index contributed by atoms with van der Waals surface area (Å²) in [6.07, 6.45) is 1.71. The van der Waals surface area contributed by atoms with Gasteiger partial charge in [0.1, 0.15) is 0 Å². The Hall–Kier alpha value is -0.880. The molecule has 2 heterocycles. The monoisotopic (exact) mass is 317 g/mol.